The van der Waals surface area contributed by atoms with Gasteiger partial charge in [-0.2, -0.15) is 5.26 Å². The highest BCUT2D eigenvalue weighted by atomic mass is 16.5. The van der Waals surface area contributed by atoms with Gasteiger partial charge in [0.25, 0.3) is 5.91 Å². The van der Waals surface area contributed by atoms with Gasteiger partial charge < -0.3 is 19.9 Å². The SMILES string of the molecule is COC(=O)c1ccccc1NC(=O)/C(C#N)=C\N1CCN(C(C)=O)CC1. The first kappa shape index (κ1) is 19.0. The molecule has 1 aliphatic heterocycles. The van der Waals surface area contributed by atoms with E-state index < -0.39 is 11.9 Å². The Morgan fingerprint density at radius 1 is 1.19 bits per heavy atom. The molecule has 0 saturated carbocycles. The summed E-state index contributed by atoms with van der Waals surface area (Å²) in [7, 11) is 1.25. The maximum Gasteiger partial charge on any atom is 0.339 e. The summed E-state index contributed by atoms with van der Waals surface area (Å²) in [5.41, 5.74) is 0.392. The molecule has 0 spiro atoms. The number of rotatable bonds is 4. The molecule has 0 atom stereocenters. The number of hydrogen-bond acceptors (Lipinski definition) is 6. The van der Waals surface area contributed by atoms with E-state index in [0.717, 1.165) is 0 Å². The molecule has 0 aliphatic carbocycles. The van der Waals surface area contributed by atoms with Crippen LogP contribution in [0.5, 0.6) is 0 Å². The largest absolute Gasteiger partial charge is 0.465 e. The highest BCUT2D eigenvalue weighted by Gasteiger charge is 2.20. The van der Waals surface area contributed by atoms with Crippen LogP contribution in [0.1, 0.15) is 17.3 Å². The fourth-order valence-corrected chi connectivity index (χ4v) is 2.56. The van der Waals surface area contributed by atoms with Gasteiger partial charge in [-0.25, -0.2) is 4.79 Å². The fraction of sp³-hybridized carbons (Fsp3) is 0.333. The van der Waals surface area contributed by atoms with Crippen LogP contribution in [0.4, 0.5) is 5.69 Å². The Morgan fingerprint density at radius 2 is 1.85 bits per heavy atom. The Morgan fingerprint density at radius 3 is 2.42 bits per heavy atom. The van der Waals surface area contributed by atoms with Gasteiger partial charge in [0.1, 0.15) is 11.6 Å². The van der Waals surface area contributed by atoms with E-state index in [9.17, 15) is 19.6 Å². The molecule has 1 fully saturated rings. The Balaban J connectivity index is 2.10. The Hall–Kier alpha value is -3.34. The van der Waals surface area contributed by atoms with E-state index >= 15 is 0 Å². The molecule has 2 rings (SSSR count). The lowest BCUT2D eigenvalue weighted by Gasteiger charge is -2.33. The lowest BCUT2D eigenvalue weighted by atomic mass is 10.1. The Kier molecular flexibility index (Phi) is 6.33. The van der Waals surface area contributed by atoms with Gasteiger partial charge >= 0.3 is 5.97 Å². The number of hydrogen-bond donors (Lipinski definition) is 1. The maximum absolute atomic E-state index is 12.4. The minimum Gasteiger partial charge on any atom is -0.465 e. The van der Waals surface area contributed by atoms with Crippen LogP contribution in [0, 0.1) is 11.3 Å². The molecule has 0 aromatic heterocycles. The summed E-state index contributed by atoms with van der Waals surface area (Å²) in [6.45, 7) is 3.67. The second-order valence-corrected chi connectivity index (χ2v) is 5.69. The molecular weight excluding hydrogens is 336 g/mol. The molecule has 136 valence electrons. The molecule has 1 N–H and O–H groups in total. The monoisotopic (exact) mass is 356 g/mol. The number of piperazine rings is 1. The molecule has 0 bridgehead atoms. The van der Waals surface area contributed by atoms with Gasteiger partial charge in [0.05, 0.1) is 18.4 Å². The molecule has 0 unspecified atom stereocenters. The average molecular weight is 356 g/mol. The van der Waals surface area contributed by atoms with E-state index in [2.05, 4.69) is 10.1 Å². The molecule has 1 heterocycles. The average Bonchev–Trinajstić information content (AvgIpc) is 2.66. The molecule has 8 nitrogen and oxygen atoms in total. The van der Waals surface area contributed by atoms with Crippen molar-refractivity contribution in [2.45, 2.75) is 6.92 Å². The van der Waals surface area contributed by atoms with Gasteiger partial charge in [0.15, 0.2) is 0 Å². The number of methoxy groups -OCH3 is 1. The molecule has 0 radical (unpaired) electrons. The number of nitriles is 1. The lowest BCUT2D eigenvalue weighted by Crippen LogP contribution is -2.46. The van der Waals surface area contributed by atoms with Crippen molar-refractivity contribution in [1.29, 1.82) is 5.26 Å². The number of carbonyl (C=O) groups excluding carboxylic acids is 3. The van der Waals surface area contributed by atoms with E-state index in [1.54, 1.807) is 23.1 Å². The zero-order valence-corrected chi connectivity index (χ0v) is 14.7. The van der Waals surface area contributed by atoms with Crippen molar-refractivity contribution in [3.05, 3.63) is 41.6 Å². The van der Waals surface area contributed by atoms with Crippen LogP contribution in [0.15, 0.2) is 36.0 Å². The zero-order valence-electron chi connectivity index (χ0n) is 14.7. The van der Waals surface area contributed by atoms with Crippen LogP contribution >= 0.6 is 0 Å². The first-order valence-electron chi connectivity index (χ1n) is 8.06. The Bertz CT molecular complexity index is 774. The van der Waals surface area contributed by atoms with Crippen LogP contribution in [0.3, 0.4) is 0 Å². The number of anilines is 1. The van der Waals surface area contributed by atoms with Gasteiger partial charge in [0, 0.05) is 39.3 Å². The first-order valence-corrected chi connectivity index (χ1v) is 8.06. The quantitative estimate of drug-likeness (QED) is 0.490. The Labute approximate surface area is 151 Å². The molecular formula is C18H20N4O4. The molecule has 1 aromatic rings. The second kappa shape index (κ2) is 8.67. The standard InChI is InChI=1S/C18H20N4O4/c1-13(23)22-9-7-21(8-10-22)12-14(11-19)17(24)20-16-6-4-3-5-15(16)18(25)26-2/h3-6,12H,7-10H2,1-2H3,(H,20,24)/b14-12-. The van der Waals surface area contributed by atoms with Crippen molar-refractivity contribution in [1.82, 2.24) is 9.80 Å². The summed E-state index contributed by atoms with van der Waals surface area (Å²) in [6.07, 6.45) is 1.48. The third-order valence-electron chi connectivity index (χ3n) is 4.02. The number of para-hydroxylation sites is 1. The normalized spacial score (nSPS) is 14.4. The summed E-state index contributed by atoms with van der Waals surface area (Å²) >= 11 is 0. The van der Waals surface area contributed by atoms with Crippen molar-refractivity contribution in [3.63, 3.8) is 0 Å². The van der Waals surface area contributed by atoms with Crippen molar-refractivity contribution in [2.24, 2.45) is 0 Å². The summed E-state index contributed by atoms with van der Waals surface area (Å²) in [5.74, 6) is -1.19. The number of benzene rings is 1. The zero-order chi connectivity index (χ0) is 19.1. The molecule has 1 aliphatic rings. The minimum atomic E-state index is -0.613. The topological polar surface area (TPSA) is 103 Å². The molecule has 26 heavy (non-hydrogen) atoms. The number of amides is 2. The summed E-state index contributed by atoms with van der Waals surface area (Å²) in [4.78, 5) is 39.1. The number of nitrogens with one attached hydrogen (secondary N) is 1. The third kappa shape index (κ3) is 4.60. The molecule has 2 amide bonds. The summed E-state index contributed by atoms with van der Waals surface area (Å²) in [6, 6.07) is 8.28. The fourth-order valence-electron chi connectivity index (χ4n) is 2.56. The highest BCUT2D eigenvalue weighted by molar-refractivity contribution is 6.09. The van der Waals surface area contributed by atoms with Gasteiger partial charge in [-0.1, -0.05) is 12.1 Å². The van der Waals surface area contributed by atoms with Crippen molar-refractivity contribution >= 4 is 23.5 Å². The van der Waals surface area contributed by atoms with E-state index in [4.69, 9.17) is 0 Å². The molecule has 1 saturated heterocycles. The number of nitrogens with zero attached hydrogens (tertiary/aromatic N) is 3. The predicted molar refractivity (Wildman–Crippen MR) is 93.9 cm³/mol. The molecule has 1 aromatic carbocycles. The van der Waals surface area contributed by atoms with E-state index in [0.29, 0.717) is 26.2 Å². The van der Waals surface area contributed by atoms with Crippen molar-refractivity contribution < 1.29 is 19.1 Å². The lowest BCUT2D eigenvalue weighted by molar-refractivity contribution is -0.130. The van der Waals surface area contributed by atoms with Crippen molar-refractivity contribution in [2.75, 3.05) is 38.6 Å². The van der Waals surface area contributed by atoms with E-state index in [1.165, 1.54) is 26.3 Å². The van der Waals surface area contributed by atoms with Crippen LogP contribution in [0.25, 0.3) is 0 Å². The smallest absolute Gasteiger partial charge is 0.339 e. The van der Waals surface area contributed by atoms with Gasteiger partial charge in [-0.15, -0.1) is 0 Å². The maximum atomic E-state index is 12.4. The van der Waals surface area contributed by atoms with Gasteiger partial charge in [-0.3, -0.25) is 9.59 Å². The summed E-state index contributed by atoms with van der Waals surface area (Å²) < 4.78 is 4.69. The van der Waals surface area contributed by atoms with E-state index in [-0.39, 0.29) is 22.7 Å². The van der Waals surface area contributed by atoms with E-state index in [1.807, 2.05) is 11.0 Å². The molecule has 8 heteroatoms. The number of carbonyl (C=O) groups is 3. The van der Waals surface area contributed by atoms with Crippen molar-refractivity contribution in [3.8, 4) is 6.07 Å². The van der Waals surface area contributed by atoms with Crippen LogP contribution < -0.4 is 5.32 Å². The van der Waals surface area contributed by atoms with Crippen LogP contribution in [-0.4, -0.2) is 60.9 Å². The predicted octanol–water partition coefficient (Wildman–Crippen LogP) is 0.983. The summed E-state index contributed by atoms with van der Waals surface area (Å²) in [5, 5.41) is 11.9. The van der Waals surface area contributed by atoms with Gasteiger partial charge in [0.2, 0.25) is 5.91 Å². The van der Waals surface area contributed by atoms with Gasteiger partial charge in [-0.05, 0) is 12.1 Å². The first-order chi connectivity index (χ1) is 12.5. The number of esters is 1. The highest BCUT2D eigenvalue weighted by Crippen LogP contribution is 2.17. The third-order valence-corrected chi connectivity index (χ3v) is 4.02. The van der Waals surface area contributed by atoms with Crippen LogP contribution in [0.2, 0.25) is 0 Å². The van der Waals surface area contributed by atoms with Crippen LogP contribution in [-0.2, 0) is 14.3 Å². The number of ether oxygens (including phenoxy) is 1. The minimum absolute atomic E-state index is 0.00583. The second-order valence-electron chi connectivity index (χ2n) is 5.69.